The standard InChI is InChI=1S/C23H18Br2ClN3O5/c24-19-13-9-14(20(19)25)18-17(13)22(31)28(23(18)32)27(21(30)12-6-2-3-7-15(12)26)10-11-5-1-4-8-16(11)29(33)34/h1-8,13-14,17-20H,9-10H2/t13-,14-,17-,18-,19+,20+/m1/s1. The molecule has 3 aliphatic rings. The molecule has 0 radical (unpaired) electrons. The SMILES string of the molecule is O=C(c1ccccc1Cl)N(Cc1ccccc1[N+](=O)[O-])N1C(=O)[C@@H]2[C@H]3C[C@@H]([C@H](Br)[C@H]3Br)[C@H]2C1=O. The minimum atomic E-state index is -0.677. The van der Waals surface area contributed by atoms with Crippen molar-refractivity contribution in [1.82, 2.24) is 10.0 Å². The molecule has 3 amide bonds. The number of hydrazine groups is 1. The van der Waals surface area contributed by atoms with Gasteiger partial charge < -0.3 is 0 Å². The Morgan fingerprint density at radius 1 is 1.03 bits per heavy atom. The van der Waals surface area contributed by atoms with Gasteiger partial charge in [0.2, 0.25) is 0 Å². The topological polar surface area (TPSA) is 101 Å². The summed E-state index contributed by atoms with van der Waals surface area (Å²) in [5.41, 5.74) is 0.0882. The van der Waals surface area contributed by atoms with E-state index in [9.17, 15) is 24.5 Å². The van der Waals surface area contributed by atoms with Gasteiger partial charge in [-0.1, -0.05) is 73.8 Å². The van der Waals surface area contributed by atoms with Crippen LogP contribution in [-0.4, -0.2) is 42.3 Å². The van der Waals surface area contributed by atoms with Crippen LogP contribution in [0.15, 0.2) is 48.5 Å². The normalized spacial score (nSPS) is 29.4. The predicted molar refractivity (Wildman–Crippen MR) is 130 cm³/mol. The van der Waals surface area contributed by atoms with Gasteiger partial charge in [0.15, 0.2) is 0 Å². The molecule has 2 bridgehead atoms. The lowest BCUT2D eigenvalue weighted by molar-refractivity contribution is -0.385. The highest BCUT2D eigenvalue weighted by atomic mass is 79.9. The van der Waals surface area contributed by atoms with Crippen LogP contribution >= 0.6 is 43.5 Å². The molecule has 0 N–H and O–H groups in total. The van der Waals surface area contributed by atoms with E-state index in [4.69, 9.17) is 11.6 Å². The molecule has 34 heavy (non-hydrogen) atoms. The Labute approximate surface area is 216 Å². The third kappa shape index (κ3) is 3.49. The summed E-state index contributed by atoms with van der Waals surface area (Å²) in [7, 11) is 0. The van der Waals surface area contributed by atoms with Crippen molar-refractivity contribution < 1.29 is 19.3 Å². The molecule has 1 aliphatic heterocycles. The van der Waals surface area contributed by atoms with Gasteiger partial charge in [-0.3, -0.25) is 24.5 Å². The van der Waals surface area contributed by atoms with Crippen LogP contribution in [0, 0.1) is 33.8 Å². The third-order valence-corrected chi connectivity index (χ3v) is 10.6. The maximum Gasteiger partial charge on any atom is 0.274 e. The average molecular weight is 612 g/mol. The van der Waals surface area contributed by atoms with Crippen molar-refractivity contribution in [3.8, 4) is 0 Å². The van der Waals surface area contributed by atoms with E-state index in [0.717, 1.165) is 16.4 Å². The van der Waals surface area contributed by atoms with E-state index in [1.54, 1.807) is 18.2 Å². The quantitative estimate of drug-likeness (QED) is 0.213. The van der Waals surface area contributed by atoms with Crippen LogP contribution in [0.25, 0.3) is 0 Å². The Bertz CT molecular complexity index is 1190. The monoisotopic (exact) mass is 609 g/mol. The Hall–Kier alpha value is -2.30. The number of carbonyl (C=O) groups excluding carboxylic acids is 3. The van der Waals surface area contributed by atoms with E-state index in [1.165, 1.54) is 30.3 Å². The minimum Gasteiger partial charge on any atom is -0.272 e. The molecular formula is C23H18Br2ClN3O5. The number of carbonyl (C=O) groups is 3. The number of hydrogen-bond acceptors (Lipinski definition) is 5. The van der Waals surface area contributed by atoms with Crippen LogP contribution in [0.1, 0.15) is 22.3 Å². The van der Waals surface area contributed by atoms with Crippen LogP contribution in [0.2, 0.25) is 5.02 Å². The first kappa shape index (κ1) is 23.4. The molecule has 2 aromatic rings. The Morgan fingerprint density at radius 2 is 1.59 bits per heavy atom. The van der Waals surface area contributed by atoms with Crippen molar-refractivity contribution in [3.05, 3.63) is 74.8 Å². The molecule has 1 heterocycles. The van der Waals surface area contributed by atoms with Crippen LogP contribution in [0.5, 0.6) is 0 Å². The van der Waals surface area contributed by atoms with Crippen LogP contribution in [0.3, 0.4) is 0 Å². The van der Waals surface area contributed by atoms with Crippen molar-refractivity contribution >= 4 is 66.9 Å². The first-order chi connectivity index (χ1) is 16.2. The van der Waals surface area contributed by atoms with E-state index < -0.39 is 34.5 Å². The summed E-state index contributed by atoms with van der Waals surface area (Å²) >= 11 is 13.6. The highest BCUT2D eigenvalue weighted by molar-refractivity contribution is 9.12. The molecule has 3 fully saturated rings. The fourth-order valence-electron chi connectivity index (χ4n) is 5.56. The van der Waals surface area contributed by atoms with E-state index >= 15 is 0 Å². The van der Waals surface area contributed by atoms with Crippen LogP contribution in [0.4, 0.5) is 5.69 Å². The Kier molecular flexibility index (Phi) is 6.02. The summed E-state index contributed by atoms with van der Waals surface area (Å²) < 4.78 is 0. The Morgan fingerprint density at radius 3 is 2.18 bits per heavy atom. The minimum absolute atomic E-state index is 0.0378. The molecule has 8 nitrogen and oxygen atoms in total. The number of benzene rings is 2. The number of amides is 3. The van der Waals surface area contributed by atoms with E-state index in [-0.39, 0.29) is 49.9 Å². The number of nitrogens with zero attached hydrogens (tertiary/aromatic N) is 3. The fraction of sp³-hybridized carbons (Fsp3) is 0.348. The molecule has 6 atom stereocenters. The molecule has 2 aliphatic carbocycles. The molecule has 5 rings (SSSR count). The molecular weight excluding hydrogens is 594 g/mol. The fourth-order valence-corrected chi connectivity index (χ4v) is 7.65. The zero-order valence-corrected chi connectivity index (χ0v) is 21.4. The first-order valence-corrected chi connectivity index (χ1v) is 12.9. The Balaban J connectivity index is 1.58. The number of halogens is 3. The summed E-state index contributed by atoms with van der Waals surface area (Å²) in [6.45, 7) is -0.330. The first-order valence-electron chi connectivity index (χ1n) is 10.7. The number of para-hydroxylation sites is 1. The third-order valence-electron chi connectivity index (χ3n) is 7.05. The van der Waals surface area contributed by atoms with Crippen LogP contribution < -0.4 is 0 Å². The van der Waals surface area contributed by atoms with Crippen molar-refractivity contribution in [1.29, 1.82) is 0 Å². The molecule has 11 heteroatoms. The zero-order chi connectivity index (χ0) is 24.3. The second-order valence-corrected chi connectivity index (χ2v) is 11.2. The van der Waals surface area contributed by atoms with Gasteiger partial charge in [0.25, 0.3) is 23.4 Å². The zero-order valence-electron chi connectivity index (χ0n) is 17.5. The highest BCUT2D eigenvalue weighted by Gasteiger charge is 2.67. The lowest BCUT2D eigenvalue weighted by Crippen LogP contribution is -2.50. The second-order valence-electron chi connectivity index (χ2n) is 8.72. The number of nitro groups is 1. The van der Waals surface area contributed by atoms with E-state index in [0.29, 0.717) is 0 Å². The molecule has 2 aromatic carbocycles. The van der Waals surface area contributed by atoms with Gasteiger partial charge in [-0.2, -0.15) is 5.01 Å². The van der Waals surface area contributed by atoms with Gasteiger partial charge in [-0.05, 0) is 30.4 Å². The number of imide groups is 1. The second kappa shape index (κ2) is 8.73. The average Bonchev–Trinajstić information content (AvgIpc) is 3.42. The van der Waals surface area contributed by atoms with Crippen molar-refractivity contribution in [2.75, 3.05) is 0 Å². The van der Waals surface area contributed by atoms with Crippen molar-refractivity contribution in [2.45, 2.75) is 22.6 Å². The maximum atomic E-state index is 13.7. The summed E-state index contributed by atoms with van der Waals surface area (Å²) in [4.78, 5) is 52.0. The van der Waals surface area contributed by atoms with E-state index in [1.807, 2.05) is 0 Å². The lowest BCUT2D eigenvalue weighted by Gasteiger charge is -2.31. The number of hydrogen-bond donors (Lipinski definition) is 0. The van der Waals surface area contributed by atoms with Crippen molar-refractivity contribution in [2.24, 2.45) is 23.7 Å². The highest BCUT2D eigenvalue weighted by Crippen LogP contribution is 2.60. The summed E-state index contributed by atoms with van der Waals surface area (Å²) in [6.07, 6.45) is 0.745. The summed E-state index contributed by atoms with van der Waals surface area (Å²) in [6, 6.07) is 12.3. The predicted octanol–water partition coefficient (Wildman–Crippen LogP) is 4.58. The number of rotatable bonds is 5. The van der Waals surface area contributed by atoms with Gasteiger partial charge in [-0.15, -0.1) is 0 Å². The number of nitro benzene ring substituents is 1. The van der Waals surface area contributed by atoms with Gasteiger partial charge in [0.1, 0.15) is 0 Å². The lowest BCUT2D eigenvalue weighted by atomic mass is 9.81. The molecule has 1 saturated heterocycles. The molecule has 2 saturated carbocycles. The smallest absolute Gasteiger partial charge is 0.272 e. The van der Waals surface area contributed by atoms with E-state index in [2.05, 4.69) is 31.9 Å². The summed E-state index contributed by atoms with van der Waals surface area (Å²) in [5, 5.41) is 13.7. The van der Waals surface area contributed by atoms with Gasteiger partial charge in [-0.25, -0.2) is 5.01 Å². The molecule has 0 aromatic heterocycles. The largest absolute Gasteiger partial charge is 0.274 e. The molecule has 0 unspecified atom stereocenters. The van der Waals surface area contributed by atoms with Crippen LogP contribution in [-0.2, 0) is 16.1 Å². The van der Waals surface area contributed by atoms with Gasteiger partial charge >= 0.3 is 0 Å². The van der Waals surface area contributed by atoms with Gasteiger partial charge in [0.05, 0.1) is 39.5 Å². The number of alkyl halides is 2. The summed E-state index contributed by atoms with van der Waals surface area (Å²) in [5.74, 6) is -2.74. The van der Waals surface area contributed by atoms with Gasteiger partial charge in [0, 0.05) is 15.7 Å². The number of fused-ring (bicyclic) bond motifs is 5. The maximum absolute atomic E-state index is 13.7. The molecule has 176 valence electrons. The molecule has 0 spiro atoms. The van der Waals surface area contributed by atoms with Crippen molar-refractivity contribution in [3.63, 3.8) is 0 Å².